The minimum atomic E-state index is -0.537. The van der Waals surface area contributed by atoms with Crippen molar-refractivity contribution in [3.8, 4) is 6.07 Å². The standard InChI is InChI=1S/C14H10N2O4S/c1-19-14(18)13-10(4-6-21-13)16-8-9(7-15)12(17)11-3-2-5-20-11/h2-6,8,16H,1H3/b9-8+. The van der Waals surface area contributed by atoms with E-state index in [0.717, 1.165) is 0 Å². The third-order valence-corrected chi connectivity index (χ3v) is 3.41. The van der Waals surface area contributed by atoms with E-state index < -0.39 is 11.8 Å². The van der Waals surface area contributed by atoms with Crippen LogP contribution in [0.15, 0.2) is 46.0 Å². The molecular formula is C14H10N2O4S. The molecule has 0 spiro atoms. The molecule has 2 aromatic heterocycles. The maximum Gasteiger partial charge on any atom is 0.350 e. The molecule has 6 nitrogen and oxygen atoms in total. The third kappa shape index (κ3) is 3.19. The fourth-order valence-corrected chi connectivity index (χ4v) is 2.29. The summed E-state index contributed by atoms with van der Waals surface area (Å²) in [5, 5.41) is 13.5. The quantitative estimate of drug-likeness (QED) is 0.395. The van der Waals surface area contributed by atoms with Crippen molar-refractivity contribution in [3.05, 3.63) is 52.3 Å². The van der Waals surface area contributed by atoms with Crippen LogP contribution in [0.25, 0.3) is 0 Å². The fraction of sp³-hybridized carbons (Fsp3) is 0.0714. The lowest BCUT2D eigenvalue weighted by Gasteiger charge is -2.02. The number of furan rings is 1. The number of ether oxygens (including phenoxy) is 1. The molecule has 1 N–H and O–H groups in total. The first-order valence-corrected chi connectivity index (χ1v) is 6.66. The normalized spacial score (nSPS) is 10.8. The van der Waals surface area contributed by atoms with Crippen molar-refractivity contribution in [1.82, 2.24) is 0 Å². The van der Waals surface area contributed by atoms with Crippen molar-refractivity contribution in [2.24, 2.45) is 0 Å². The van der Waals surface area contributed by atoms with Crippen molar-refractivity contribution >= 4 is 28.8 Å². The number of carbonyl (C=O) groups is 2. The van der Waals surface area contributed by atoms with Gasteiger partial charge in [-0.3, -0.25) is 4.79 Å². The second kappa shape index (κ2) is 6.54. The maximum absolute atomic E-state index is 12.0. The van der Waals surface area contributed by atoms with Gasteiger partial charge in [0.2, 0.25) is 5.78 Å². The molecule has 0 saturated carbocycles. The highest BCUT2D eigenvalue weighted by Crippen LogP contribution is 2.23. The largest absolute Gasteiger partial charge is 0.465 e. The zero-order valence-electron chi connectivity index (χ0n) is 11.0. The van der Waals surface area contributed by atoms with Gasteiger partial charge in [-0.05, 0) is 23.6 Å². The van der Waals surface area contributed by atoms with E-state index in [-0.39, 0.29) is 11.3 Å². The Morgan fingerprint density at radius 3 is 2.90 bits per heavy atom. The van der Waals surface area contributed by atoms with Crippen LogP contribution in [0.1, 0.15) is 20.2 Å². The smallest absolute Gasteiger partial charge is 0.350 e. The van der Waals surface area contributed by atoms with Crippen molar-refractivity contribution < 1.29 is 18.7 Å². The zero-order valence-corrected chi connectivity index (χ0v) is 11.8. The van der Waals surface area contributed by atoms with Gasteiger partial charge in [0.1, 0.15) is 16.5 Å². The molecule has 0 amide bonds. The van der Waals surface area contributed by atoms with Crippen LogP contribution >= 0.6 is 11.3 Å². The fourth-order valence-electron chi connectivity index (χ4n) is 1.51. The number of nitrogens with one attached hydrogen (secondary N) is 1. The molecule has 0 fully saturated rings. The number of allylic oxidation sites excluding steroid dienone is 1. The molecule has 0 atom stereocenters. The number of esters is 1. The average molecular weight is 302 g/mol. The van der Waals surface area contributed by atoms with Gasteiger partial charge in [-0.25, -0.2) is 4.79 Å². The first-order chi connectivity index (χ1) is 10.2. The number of methoxy groups -OCH3 is 1. The van der Waals surface area contributed by atoms with Gasteiger partial charge in [-0.1, -0.05) is 0 Å². The number of ketones is 1. The topological polar surface area (TPSA) is 92.3 Å². The summed E-state index contributed by atoms with van der Waals surface area (Å²) in [5.74, 6) is -0.954. The molecule has 0 unspecified atom stereocenters. The van der Waals surface area contributed by atoms with E-state index in [0.29, 0.717) is 10.6 Å². The molecule has 0 saturated heterocycles. The van der Waals surface area contributed by atoms with E-state index in [1.807, 2.05) is 0 Å². The highest BCUT2D eigenvalue weighted by atomic mass is 32.1. The predicted molar refractivity (Wildman–Crippen MR) is 76.0 cm³/mol. The molecule has 21 heavy (non-hydrogen) atoms. The minimum Gasteiger partial charge on any atom is -0.465 e. The summed E-state index contributed by atoms with van der Waals surface area (Å²) in [5.41, 5.74) is 0.332. The molecule has 2 heterocycles. The Hall–Kier alpha value is -2.85. The lowest BCUT2D eigenvalue weighted by atomic mass is 10.1. The molecule has 0 aromatic carbocycles. The SMILES string of the molecule is COC(=O)c1sccc1N/C=C(\C#N)C(=O)c1ccco1. The van der Waals surface area contributed by atoms with Crippen LogP contribution < -0.4 is 5.32 Å². The molecule has 2 aromatic rings. The molecule has 0 aliphatic carbocycles. The van der Waals surface area contributed by atoms with E-state index in [1.165, 1.54) is 37.0 Å². The number of anilines is 1. The summed E-state index contributed by atoms with van der Waals surface area (Å²) < 4.78 is 9.59. The maximum atomic E-state index is 12.0. The summed E-state index contributed by atoms with van der Waals surface area (Å²) in [7, 11) is 1.28. The van der Waals surface area contributed by atoms with Crippen LogP contribution in [0.3, 0.4) is 0 Å². The van der Waals surface area contributed by atoms with E-state index in [1.54, 1.807) is 23.6 Å². The predicted octanol–water partition coefficient (Wildman–Crippen LogP) is 2.83. The zero-order chi connectivity index (χ0) is 15.2. The van der Waals surface area contributed by atoms with E-state index >= 15 is 0 Å². The minimum absolute atomic E-state index is 0.0723. The van der Waals surface area contributed by atoms with Gasteiger partial charge < -0.3 is 14.5 Å². The number of Topliss-reactive ketones (excluding diaryl/α,β-unsaturated/α-hetero) is 1. The number of nitrogens with zero attached hydrogens (tertiary/aromatic N) is 1. The van der Waals surface area contributed by atoms with Crippen molar-refractivity contribution in [2.75, 3.05) is 12.4 Å². The van der Waals surface area contributed by atoms with Crippen LogP contribution in [0.5, 0.6) is 0 Å². The van der Waals surface area contributed by atoms with Crippen LogP contribution in [0.4, 0.5) is 5.69 Å². The summed E-state index contributed by atoms with van der Waals surface area (Å²) in [6.07, 6.45) is 2.59. The molecule has 7 heteroatoms. The number of nitriles is 1. The number of rotatable bonds is 5. The highest BCUT2D eigenvalue weighted by Gasteiger charge is 2.16. The number of hydrogen-bond acceptors (Lipinski definition) is 7. The number of carbonyl (C=O) groups excluding carboxylic acids is 2. The Kier molecular flexibility index (Phi) is 4.53. The lowest BCUT2D eigenvalue weighted by molar-refractivity contribution is 0.0607. The molecule has 0 radical (unpaired) electrons. The second-order valence-electron chi connectivity index (χ2n) is 3.78. The Morgan fingerprint density at radius 2 is 2.29 bits per heavy atom. The molecule has 2 rings (SSSR count). The van der Waals surface area contributed by atoms with Gasteiger partial charge in [-0.15, -0.1) is 11.3 Å². The molecular weight excluding hydrogens is 292 g/mol. The van der Waals surface area contributed by atoms with Gasteiger partial charge in [0.25, 0.3) is 0 Å². The Balaban J connectivity index is 2.20. The summed E-state index contributed by atoms with van der Waals surface area (Å²) in [6.45, 7) is 0. The Morgan fingerprint density at radius 1 is 1.48 bits per heavy atom. The monoisotopic (exact) mass is 302 g/mol. The average Bonchev–Trinajstić information content (AvgIpc) is 3.18. The van der Waals surface area contributed by atoms with Crippen LogP contribution in [-0.2, 0) is 4.74 Å². The van der Waals surface area contributed by atoms with Crippen molar-refractivity contribution in [3.63, 3.8) is 0 Å². The Bertz CT molecular complexity index is 722. The molecule has 106 valence electrons. The van der Waals surface area contributed by atoms with Gasteiger partial charge in [0.15, 0.2) is 5.76 Å². The summed E-state index contributed by atoms with van der Waals surface area (Å²) in [4.78, 5) is 23.8. The summed E-state index contributed by atoms with van der Waals surface area (Å²) >= 11 is 1.19. The first-order valence-electron chi connectivity index (χ1n) is 5.78. The summed E-state index contributed by atoms with van der Waals surface area (Å²) in [6, 6.07) is 6.47. The second-order valence-corrected chi connectivity index (χ2v) is 4.69. The van der Waals surface area contributed by atoms with E-state index in [2.05, 4.69) is 10.1 Å². The van der Waals surface area contributed by atoms with E-state index in [9.17, 15) is 9.59 Å². The lowest BCUT2D eigenvalue weighted by Crippen LogP contribution is -2.05. The van der Waals surface area contributed by atoms with Crippen LogP contribution in [-0.4, -0.2) is 18.9 Å². The van der Waals surface area contributed by atoms with Crippen molar-refractivity contribution in [2.45, 2.75) is 0 Å². The highest BCUT2D eigenvalue weighted by molar-refractivity contribution is 7.12. The first kappa shape index (κ1) is 14.6. The van der Waals surface area contributed by atoms with Gasteiger partial charge in [-0.2, -0.15) is 5.26 Å². The van der Waals surface area contributed by atoms with Gasteiger partial charge >= 0.3 is 5.97 Å². The molecule has 0 bridgehead atoms. The number of hydrogen-bond donors (Lipinski definition) is 1. The van der Waals surface area contributed by atoms with Crippen molar-refractivity contribution in [1.29, 1.82) is 5.26 Å². The van der Waals surface area contributed by atoms with E-state index in [4.69, 9.17) is 9.68 Å². The van der Waals surface area contributed by atoms with Crippen LogP contribution in [0, 0.1) is 11.3 Å². The van der Waals surface area contributed by atoms with Gasteiger partial charge in [0, 0.05) is 6.20 Å². The third-order valence-electron chi connectivity index (χ3n) is 2.52. The number of thiophene rings is 1. The molecule has 0 aliphatic heterocycles. The Labute approximate surface area is 124 Å². The van der Waals surface area contributed by atoms with Crippen LogP contribution in [0.2, 0.25) is 0 Å². The van der Waals surface area contributed by atoms with Gasteiger partial charge in [0.05, 0.1) is 19.1 Å². The molecule has 0 aliphatic rings.